The quantitative estimate of drug-likeness (QED) is 0.608. The summed E-state index contributed by atoms with van der Waals surface area (Å²) in [7, 11) is 1.55. The molecule has 0 spiro atoms. The van der Waals surface area contributed by atoms with E-state index in [0.717, 1.165) is 4.70 Å². The fourth-order valence-corrected chi connectivity index (χ4v) is 3.96. The normalized spacial score (nSPS) is 11.1. The van der Waals surface area contributed by atoms with Crippen molar-refractivity contribution in [3.8, 4) is 16.9 Å². The van der Waals surface area contributed by atoms with Crippen molar-refractivity contribution in [2.24, 2.45) is 0 Å². The molecule has 3 aromatic heterocycles. The van der Waals surface area contributed by atoms with Gasteiger partial charge < -0.3 is 9.84 Å². The van der Waals surface area contributed by atoms with Gasteiger partial charge in [-0.15, -0.1) is 11.3 Å². The Bertz CT molecular complexity index is 1190. The van der Waals surface area contributed by atoms with Crippen LogP contribution in [-0.4, -0.2) is 22.6 Å². The highest BCUT2D eigenvalue weighted by Gasteiger charge is 2.17. The van der Waals surface area contributed by atoms with Gasteiger partial charge in [-0.25, -0.2) is 4.79 Å². The van der Waals surface area contributed by atoms with Crippen molar-refractivity contribution >= 4 is 32.9 Å². The van der Waals surface area contributed by atoms with E-state index in [1.807, 2.05) is 29.6 Å². The smallest absolute Gasteiger partial charge is 0.337 e. The number of fused-ring (bicyclic) bond motifs is 3. The minimum absolute atomic E-state index is 0.114. The van der Waals surface area contributed by atoms with E-state index < -0.39 is 5.97 Å². The van der Waals surface area contributed by atoms with E-state index >= 15 is 0 Å². The van der Waals surface area contributed by atoms with Crippen LogP contribution >= 0.6 is 11.3 Å². The molecule has 0 saturated carbocycles. The zero-order chi connectivity index (χ0) is 17.6. The number of hydrogen-bond donors (Lipinski definition) is 1. The fraction of sp³-hybridized carbons (Fsp3) is 0.0526. The molecule has 3 heterocycles. The number of nitrogens with zero attached hydrogens (tertiary/aromatic N) is 1. The summed E-state index contributed by atoms with van der Waals surface area (Å²) in [5.41, 5.74) is 1.66. The maximum atomic E-state index is 13.1. The molecule has 1 aromatic carbocycles. The van der Waals surface area contributed by atoms with E-state index in [0.29, 0.717) is 27.8 Å². The number of methoxy groups -OCH3 is 1. The first-order chi connectivity index (χ1) is 12.1. The Morgan fingerprint density at radius 3 is 2.68 bits per heavy atom. The monoisotopic (exact) mass is 351 g/mol. The average Bonchev–Trinajstić information content (AvgIpc) is 3.11. The van der Waals surface area contributed by atoms with Crippen molar-refractivity contribution in [2.75, 3.05) is 7.11 Å². The van der Waals surface area contributed by atoms with Crippen LogP contribution in [0.1, 0.15) is 10.4 Å². The van der Waals surface area contributed by atoms with Gasteiger partial charge in [-0.05, 0) is 29.6 Å². The summed E-state index contributed by atoms with van der Waals surface area (Å²) >= 11 is 1.42. The van der Waals surface area contributed by atoms with E-state index in [4.69, 9.17) is 4.74 Å². The number of para-hydroxylation sites is 1. The number of ether oxygens (including phenoxy) is 1. The molecule has 0 atom stereocenters. The van der Waals surface area contributed by atoms with Crippen LogP contribution in [0.15, 0.2) is 58.8 Å². The number of thiophene rings is 1. The van der Waals surface area contributed by atoms with Gasteiger partial charge in [-0.1, -0.05) is 18.2 Å². The van der Waals surface area contributed by atoms with Gasteiger partial charge in [0.25, 0.3) is 5.56 Å². The minimum atomic E-state index is -1.06. The minimum Gasteiger partial charge on any atom is -0.496 e. The maximum absolute atomic E-state index is 13.1. The Morgan fingerprint density at radius 1 is 1.12 bits per heavy atom. The van der Waals surface area contributed by atoms with Crippen molar-refractivity contribution in [2.45, 2.75) is 0 Å². The van der Waals surface area contributed by atoms with Gasteiger partial charge in [0.15, 0.2) is 0 Å². The zero-order valence-corrected chi connectivity index (χ0v) is 14.0. The molecular formula is C19H13NO4S. The van der Waals surface area contributed by atoms with Crippen LogP contribution in [-0.2, 0) is 0 Å². The molecule has 0 aliphatic heterocycles. The number of carbonyl (C=O) groups is 1. The highest BCUT2D eigenvalue weighted by atomic mass is 32.1. The molecule has 4 aromatic rings. The van der Waals surface area contributed by atoms with E-state index in [2.05, 4.69) is 0 Å². The van der Waals surface area contributed by atoms with Gasteiger partial charge in [0.2, 0.25) is 0 Å². The number of rotatable bonds is 3. The van der Waals surface area contributed by atoms with E-state index in [-0.39, 0.29) is 11.1 Å². The van der Waals surface area contributed by atoms with Crippen LogP contribution in [0.5, 0.6) is 5.75 Å². The highest BCUT2D eigenvalue weighted by Crippen LogP contribution is 2.31. The van der Waals surface area contributed by atoms with Gasteiger partial charge >= 0.3 is 5.97 Å². The van der Waals surface area contributed by atoms with Crippen molar-refractivity contribution in [1.82, 2.24) is 4.40 Å². The Labute approximate surface area is 146 Å². The lowest BCUT2D eigenvalue weighted by atomic mass is 10.1. The average molecular weight is 351 g/mol. The summed E-state index contributed by atoms with van der Waals surface area (Å²) in [5.74, 6) is -0.463. The first-order valence-corrected chi connectivity index (χ1v) is 8.42. The molecule has 0 aliphatic carbocycles. The number of carboxylic acids is 1. The standard InChI is InChI=1S/C19H13NO4S/c1-24-16-5-3-2-4-11(16)13-6-7-15-17-12(8-9-25-17)14(19(22)23)10-20(15)18(13)21/h2-10H,1H3,(H,22,23). The molecule has 0 bridgehead atoms. The molecule has 6 heteroatoms. The number of aromatic nitrogens is 1. The second-order valence-electron chi connectivity index (χ2n) is 5.52. The SMILES string of the molecule is COc1ccccc1-c1ccc2c3sccc3c(C(=O)O)cn2c1=O. The Balaban J connectivity index is 2.11. The summed E-state index contributed by atoms with van der Waals surface area (Å²) in [4.78, 5) is 24.6. The van der Waals surface area contributed by atoms with Crippen LogP contribution in [0.3, 0.4) is 0 Å². The van der Waals surface area contributed by atoms with Crippen molar-refractivity contribution in [3.63, 3.8) is 0 Å². The number of hydrogen-bond acceptors (Lipinski definition) is 4. The molecule has 5 nitrogen and oxygen atoms in total. The number of aromatic carboxylic acids is 1. The lowest BCUT2D eigenvalue weighted by Crippen LogP contribution is -2.17. The largest absolute Gasteiger partial charge is 0.496 e. The Kier molecular flexibility index (Phi) is 3.54. The topological polar surface area (TPSA) is 68.0 Å². The molecule has 0 unspecified atom stereocenters. The maximum Gasteiger partial charge on any atom is 0.337 e. The van der Waals surface area contributed by atoms with Gasteiger partial charge in [-0.3, -0.25) is 9.20 Å². The third-order valence-electron chi connectivity index (χ3n) is 4.19. The molecule has 25 heavy (non-hydrogen) atoms. The molecule has 1 N–H and O–H groups in total. The first-order valence-electron chi connectivity index (χ1n) is 7.54. The zero-order valence-electron chi connectivity index (χ0n) is 13.2. The van der Waals surface area contributed by atoms with Crippen LogP contribution in [0.25, 0.3) is 26.7 Å². The van der Waals surface area contributed by atoms with Crippen LogP contribution in [0, 0.1) is 0 Å². The fourth-order valence-electron chi connectivity index (χ4n) is 3.03. The lowest BCUT2D eigenvalue weighted by Gasteiger charge is -2.10. The second-order valence-corrected chi connectivity index (χ2v) is 6.44. The molecule has 0 aliphatic rings. The molecule has 124 valence electrons. The third kappa shape index (κ3) is 2.30. The van der Waals surface area contributed by atoms with Gasteiger partial charge in [-0.2, -0.15) is 0 Å². The molecule has 0 amide bonds. The molecule has 0 saturated heterocycles. The molecule has 4 rings (SSSR count). The van der Waals surface area contributed by atoms with E-state index in [9.17, 15) is 14.7 Å². The lowest BCUT2D eigenvalue weighted by molar-refractivity contribution is 0.0698. The van der Waals surface area contributed by atoms with E-state index in [1.165, 1.54) is 21.9 Å². The van der Waals surface area contributed by atoms with Gasteiger partial charge in [0.1, 0.15) is 5.75 Å². The van der Waals surface area contributed by atoms with E-state index in [1.54, 1.807) is 25.3 Å². The van der Waals surface area contributed by atoms with Gasteiger partial charge in [0, 0.05) is 17.1 Å². The van der Waals surface area contributed by atoms with Crippen molar-refractivity contribution in [3.05, 3.63) is 70.0 Å². The summed E-state index contributed by atoms with van der Waals surface area (Å²) < 4.78 is 7.53. The summed E-state index contributed by atoms with van der Waals surface area (Å²) in [6.07, 6.45) is 1.40. The number of carboxylic acid groups (broad SMARTS) is 1. The summed E-state index contributed by atoms with van der Waals surface area (Å²) in [5, 5.41) is 12.0. The highest BCUT2D eigenvalue weighted by molar-refractivity contribution is 7.18. The summed E-state index contributed by atoms with van der Waals surface area (Å²) in [6, 6.07) is 12.6. The molecular weight excluding hydrogens is 338 g/mol. The first kappa shape index (κ1) is 15.4. The Morgan fingerprint density at radius 2 is 1.92 bits per heavy atom. The van der Waals surface area contributed by atoms with Crippen LogP contribution in [0.2, 0.25) is 0 Å². The predicted molar refractivity (Wildman–Crippen MR) is 98.0 cm³/mol. The molecule has 0 radical (unpaired) electrons. The van der Waals surface area contributed by atoms with Gasteiger partial charge in [0.05, 0.1) is 28.5 Å². The number of pyridine rings is 2. The van der Waals surface area contributed by atoms with Crippen molar-refractivity contribution in [1.29, 1.82) is 0 Å². The predicted octanol–water partition coefficient (Wildman–Crippen LogP) is 3.89. The Hall–Kier alpha value is -3.12. The van der Waals surface area contributed by atoms with Crippen molar-refractivity contribution < 1.29 is 14.6 Å². The van der Waals surface area contributed by atoms with Crippen LogP contribution < -0.4 is 10.3 Å². The second kappa shape index (κ2) is 5.75. The third-order valence-corrected chi connectivity index (χ3v) is 5.13. The summed E-state index contributed by atoms with van der Waals surface area (Å²) in [6.45, 7) is 0. The van der Waals surface area contributed by atoms with Crippen LogP contribution in [0.4, 0.5) is 0 Å². The molecule has 0 fully saturated rings. The number of benzene rings is 1.